The van der Waals surface area contributed by atoms with Crippen molar-refractivity contribution in [1.82, 2.24) is 0 Å². The van der Waals surface area contributed by atoms with Gasteiger partial charge >= 0.3 is 0 Å². The van der Waals surface area contributed by atoms with Crippen molar-refractivity contribution in [3.05, 3.63) is 29.3 Å². The maximum absolute atomic E-state index is 12.1. The van der Waals surface area contributed by atoms with Crippen LogP contribution in [0.15, 0.2) is 23.1 Å². The fraction of sp³-hybridized carbons (Fsp3) is 0.500. The zero-order valence-electron chi connectivity index (χ0n) is 9.78. The van der Waals surface area contributed by atoms with Crippen LogP contribution in [-0.4, -0.2) is 15.5 Å². The molecule has 2 nitrogen and oxygen atoms in total. The molecule has 0 saturated carbocycles. The van der Waals surface area contributed by atoms with Gasteiger partial charge in [-0.05, 0) is 51.0 Å². The predicted octanol–water partition coefficient (Wildman–Crippen LogP) is 2.15. The summed E-state index contributed by atoms with van der Waals surface area (Å²) in [7, 11) is -1.00. The molecule has 0 aliphatic rings. The van der Waals surface area contributed by atoms with E-state index >= 15 is 0 Å². The highest BCUT2D eigenvalue weighted by molar-refractivity contribution is 7.85. The van der Waals surface area contributed by atoms with E-state index in [1.807, 2.05) is 39.0 Å². The van der Waals surface area contributed by atoms with Crippen molar-refractivity contribution in [3.63, 3.8) is 0 Å². The van der Waals surface area contributed by atoms with Crippen LogP contribution in [0.4, 0.5) is 0 Å². The molecule has 2 N–H and O–H groups in total. The van der Waals surface area contributed by atoms with Crippen molar-refractivity contribution in [2.75, 3.05) is 0 Å². The lowest BCUT2D eigenvalue weighted by Gasteiger charge is -2.15. The van der Waals surface area contributed by atoms with Crippen molar-refractivity contribution >= 4 is 10.8 Å². The molecular formula is C12H19NOS. The highest BCUT2D eigenvalue weighted by atomic mass is 32.2. The third kappa shape index (κ3) is 2.89. The van der Waals surface area contributed by atoms with Gasteiger partial charge in [0.2, 0.25) is 0 Å². The highest BCUT2D eigenvalue weighted by Crippen LogP contribution is 2.17. The van der Waals surface area contributed by atoms with Gasteiger partial charge in [0, 0.05) is 10.9 Å². The lowest BCUT2D eigenvalue weighted by atomic mass is 10.1. The minimum Gasteiger partial charge on any atom is -0.327 e. The van der Waals surface area contributed by atoms with E-state index in [1.165, 1.54) is 11.1 Å². The Balaban J connectivity index is 2.97. The van der Waals surface area contributed by atoms with Crippen molar-refractivity contribution in [2.24, 2.45) is 5.73 Å². The molecule has 3 heteroatoms. The molecule has 0 saturated heterocycles. The summed E-state index contributed by atoms with van der Waals surface area (Å²) in [6, 6.07) is 5.88. The van der Waals surface area contributed by atoms with Crippen LogP contribution in [0.5, 0.6) is 0 Å². The molecule has 0 bridgehead atoms. The molecule has 1 rings (SSSR count). The van der Waals surface area contributed by atoms with Gasteiger partial charge in [0.15, 0.2) is 0 Å². The Hall–Kier alpha value is -0.670. The second-order valence-corrected chi connectivity index (χ2v) is 5.92. The van der Waals surface area contributed by atoms with Crippen LogP contribution in [0.2, 0.25) is 0 Å². The standard InChI is InChI=1S/C12H19NOS/c1-8-5-6-12(7-9(8)2)15(14)11(4)10(3)13/h5-7,10-11H,13H2,1-4H3. The van der Waals surface area contributed by atoms with Crippen LogP contribution in [0.25, 0.3) is 0 Å². The van der Waals surface area contributed by atoms with E-state index < -0.39 is 10.8 Å². The van der Waals surface area contributed by atoms with Gasteiger partial charge in [0.05, 0.1) is 16.0 Å². The van der Waals surface area contributed by atoms with E-state index in [4.69, 9.17) is 5.73 Å². The summed E-state index contributed by atoms with van der Waals surface area (Å²) in [5.74, 6) is 0. The molecule has 0 radical (unpaired) electrons. The van der Waals surface area contributed by atoms with E-state index in [-0.39, 0.29) is 11.3 Å². The normalized spacial score (nSPS) is 17.1. The summed E-state index contributed by atoms with van der Waals surface area (Å²) in [6.45, 7) is 7.91. The number of nitrogens with two attached hydrogens (primary N) is 1. The number of benzene rings is 1. The summed E-state index contributed by atoms with van der Waals surface area (Å²) in [4.78, 5) is 0.878. The first kappa shape index (κ1) is 12.4. The molecule has 3 unspecified atom stereocenters. The third-order valence-electron chi connectivity index (χ3n) is 2.79. The maximum atomic E-state index is 12.1. The SMILES string of the molecule is Cc1ccc(S(=O)C(C)C(C)N)cc1C. The van der Waals surface area contributed by atoms with Crippen molar-refractivity contribution in [1.29, 1.82) is 0 Å². The van der Waals surface area contributed by atoms with Crippen molar-refractivity contribution in [2.45, 2.75) is 43.9 Å². The van der Waals surface area contributed by atoms with Crippen LogP contribution >= 0.6 is 0 Å². The Morgan fingerprint density at radius 2 is 1.80 bits per heavy atom. The quantitative estimate of drug-likeness (QED) is 0.856. The summed E-state index contributed by atoms with van der Waals surface area (Å²) in [5, 5.41) is -0.00731. The average Bonchev–Trinajstić information content (AvgIpc) is 2.19. The molecule has 0 amide bonds. The zero-order valence-corrected chi connectivity index (χ0v) is 10.6. The first-order chi connectivity index (χ1) is 6.93. The highest BCUT2D eigenvalue weighted by Gasteiger charge is 2.17. The fourth-order valence-electron chi connectivity index (χ4n) is 1.25. The number of hydrogen-bond acceptors (Lipinski definition) is 2. The lowest BCUT2D eigenvalue weighted by molar-refractivity contribution is 0.649. The monoisotopic (exact) mass is 225 g/mol. The van der Waals surface area contributed by atoms with Gasteiger partial charge < -0.3 is 5.73 Å². The molecule has 0 aliphatic carbocycles. The maximum Gasteiger partial charge on any atom is 0.0573 e. The molecule has 0 aromatic heterocycles. The molecule has 0 fully saturated rings. The number of rotatable bonds is 3. The van der Waals surface area contributed by atoms with E-state index in [1.54, 1.807) is 0 Å². The van der Waals surface area contributed by atoms with Crippen LogP contribution < -0.4 is 5.73 Å². The lowest BCUT2D eigenvalue weighted by Crippen LogP contribution is -2.32. The van der Waals surface area contributed by atoms with Crippen LogP contribution in [0.3, 0.4) is 0 Å². The summed E-state index contributed by atoms with van der Waals surface area (Å²) >= 11 is 0. The number of aryl methyl sites for hydroxylation is 2. The third-order valence-corrected chi connectivity index (χ3v) is 4.61. The minimum atomic E-state index is -1.00. The van der Waals surface area contributed by atoms with Gasteiger partial charge in [0.1, 0.15) is 0 Å². The van der Waals surface area contributed by atoms with Gasteiger partial charge in [-0.1, -0.05) is 6.07 Å². The van der Waals surface area contributed by atoms with E-state index in [9.17, 15) is 4.21 Å². The number of hydrogen-bond donors (Lipinski definition) is 1. The molecule has 84 valence electrons. The smallest absolute Gasteiger partial charge is 0.0573 e. The summed E-state index contributed by atoms with van der Waals surface area (Å²) < 4.78 is 12.1. The van der Waals surface area contributed by atoms with Gasteiger partial charge in [0.25, 0.3) is 0 Å². The van der Waals surface area contributed by atoms with Crippen molar-refractivity contribution in [3.8, 4) is 0 Å². The molecule has 1 aromatic rings. The van der Waals surface area contributed by atoms with Crippen LogP contribution in [0, 0.1) is 13.8 Å². The first-order valence-corrected chi connectivity index (χ1v) is 6.38. The molecular weight excluding hydrogens is 206 g/mol. The first-order valence-electron chi connectivity index (χ1n) is 5.17. The van der Waals surface area contributed by atoms with Crippen LogP contribution in [-0.2, 0) is 10.8 Å². The fourth-order valence-corrected chi connectivity index (χ4v) is 2.56. The topological polar surface area (TPSA) is 43.1 Å². The molecule has 15 heavy (non-hydrogen) atoms. The predicted molar refractivity (Wildman–Crippen MR) is 65.4 cm³/mol. The summed E-state index contributed by atoms with van der Waals surface area (Å²) in [5.41, 5.74) is 8.15. The zero-order chi connectivity index (χ0) is 11.6. The average molecular weight is 225 g/mol. The van der Waals surface area contributed by atoms with Gasteiger partial charge in [-0.3, -0.25) is 4.21 Å². The Morgan fingerprint density at radius 1 is 1.20 bits per heavy atom. The van der Waals surface area contributed by atoms with Gasteiger partial charge in [-0.15, -0.1) is 0 Å². The Kier molecular flexibility index (Phi) is 4.05. The molecule has 0 aliphatic heterocycles. The Bertz CT molecular complexity index is 374. The largest absolute Gasteiger partial charge is 0.327 e. The second kappa shape index (κ2) is 4.90. The minimum absolute atomic E-state index is 0.00731. The summed E-state index contributed by atoms with van der Waals surface area (Å²) in [6.07, 6.45) is 0. The van der Waals surface area contributed by atoms with Gasteiger partial charge in [-0.2, -0.15) is 0 Å². The Morgan fingerprint density at radius 3 is 2.27 bits per heavy atom. The van der Waals surface area contributed by atoms with E-state index in [2.05, 4.69) is 6.92 Å². The molecule has 0 heterocycles. The van der Waals surface area contributed by atoms with Gasteiger partial charge in [-0.25, -0.2) is 0 Å². The molecule has 0 spiro atoms. The van der Waals surface area contributed by atoms with Crippen molar-refractivity contribution < 1.29 is 4.21 Å². The van der Waals surface area contributed by atoms with E-state index in [0.717, 1.165) is 4.90 Å². The Labute approximate surface area is 94.3 Å². The molecule has 3 atom stereocenters. The van der Waals surface area contributed by atoms with Crippen LogP contribution in [0.1, 0.15) is 25.0 Å². The molecule has 1 aromatic carbocycles. The van der Waals surface area contributed by atoms with E-state index in [0.29, 0.717) is 0 Å². The second-order valence-electron chi connectivity index (χ2n) is 4.11.